The third kappa shape index (κ3) is 3.50. The lowest BCUT2D eigenvalue weighted by molar-refractivity contribution is 0.0952. The topological polar surface area (TPSA) is 75.4 Å². The Labute approximate surface area is 122 Å². The van der Waals surface area contributed by atoms with E-state index in [1.807, 2.05) is 24.3 Å². The van der Waals surface area contributed by atoms with Gasteiger partial charge in [-0.3, -0.25) is 4.79 Å². The number of carbonyl (C=O) groups excluding carboxylic acids is 1. The van der Waals surface area contributed by atoms with Crippen LogP contribution in [-0.2, 0) is 13.2 Å². The van der Waals surface area contributed by atoms with Crippen molar-refractivity contribution >= 4 is 23.2 Å². The molecule has 0 unspecified atom stereocenters. The van der Waals surface area contributed by atoms with Gasteiger partial charge in [0.2, 0.25) is 0 Å². The van der Waals surface area contributed by atoms with Crippen LogP contribution < -0.4 is 11.1 Å². The molecule has 0 atom stereocenters. The number of aliphatic hydroxyl groups excluding tert-OH is 1. The lowest BCUT2D eigenvalue weighted by atomic mass is 10.1. The van der Waals surface area contributed by atoms with Crippen LogP contribution in [0.25, 0.3) is 0 Å². The van der Waals surface area contributed by atoms with Gasteiger partial charge in [0.25, 0.3) is 5.91 Å². The fraction of sp³-hybridized carbons (Fsp3) is 0.133. The monoisotopic (exact) mass is 290 g/mol. The zero-order valence-corrected chi connectivity index (χ0v) is 11.5. The normalized spacial score (nSPS) is 10.3. The summed E-state index contributed by atoms with van der Waals surface area (Å²) in [7, 11) is 0. The van der Waals surface area contributed by atoms with Gasteiger partial charge in [-0.15, -0.1) is 0 Å². The molecule has 0 aliphatic rings. The second kappa shape index (κ2) is 6.41. The fourth-order valence-electron chi connectivity index (χ4n) is 1.77. The van der Waals surface area contributed by atoms with Gasteiger partial charge < -0.3 is 16.2 Å². The molecule has 0 bridgehead atoms. The summed E-state index contributed by atoms with van der Waals surface area (Å²) in [6.07, 6.45) is 0. The highest BCUT2D eigenvalue weighted by Crippen LogP contribution is 2.17. The maximum Gasteiger partial charge on any atom is 0.253 e. The van der Waals surface area contributed by atoms with E-state index in [9.17, 15) is 4.79 Å². The number of benzene rings is 2. The molecule has 0 saturated carbocycles. The standard InChI is InChI=1S/C15H15ClN2O2/c16-12-5-6-14(17)13(7-12)15(20)18-8-10-1-3-11(9-19)4-2-10/h1-7,19H,8-9,17H2,(H,18,20). The number of nitrogens with one attached hydrogen (secondary N) is 1. The number of rotatable bonds is 4. The second-order valence-corrected chi connectivity index (χ2v) is 4.83. The quantitative estimate of drug-likeness (QED) is 0.757. The highest BCUT2D eigenvalue weighted by atomic mass is 35.5. The molecule has 20 heavy (non-hydrogen) atoms. The molecule has 0 aliphatic heterocycles. The van der Waals surface area contributed by atoms with Crippen LogP contribution in [0.1, 0.15) is 21.5 Å². The molecular formula is C15H15ClN2O2. The van der Waals surface area contributed by atoms with Crippen LogP contribution in [0.4, 0.5) is 5.69 Å². The van der Waals surface area contributed by atoms with E-state index in [4.69, 9.17) is 22.4 Å². The van der Waals surface area contributed by atoms with Crippen LogP contribution in [0.15, 0.2) is 42.5 Å². The number of nitrogen functional groups attached to an aromatic ring is 1. The maximum absolute atomic E-state index is 12.0. The predicted octanol–water partition coefficient (Wildman–Crippen LogP) is 2.34. The Bertz CT molecular complexity index is 612. The molecule has 2 aromatic carbocycles. The third-order valence-electron chi connectivity index (χ3n) is 2.92. The van der Waals surface area contributed by atoms with Gasteiger partial charge >= 0.3 is 0 Å². The number of amides is 1. The molecule has 0 fully saturated rings. The van der Waals surface area contributed by atoms with Gasteiger partial charge in [-0.05, 0) is 29.3 Å². The van der Waals surface area contributed by atoms with Gasteiger partial charge in [0, 0.05) is 17.3 Å². The number of hydrogen-bond donors (Lipinski definition) is 3. The molecule has 2 aromatic rings. The molecule has 0 saturated heterocycles. The molecule has 1 amide bonds. The maximum atomic E-state index is 12.0. The first-order chi connectivity index (χ1) is 9.60. The first kappa shape index (κ1) is 14.4. The minimum absolute atomic E-state index is 0.00564. The summed E-state index contributed by atoms with van der Waals surface area (Å²) in [5.74, 6) is -0.267. The van der Waals surface area contributed by atoms with E-state index in [2.05, 4.69) is 5.32 Å². The first-order valence-electron chi connectivity index (χ1n) is 6.12. The van der Waals surface area contributed by atoms with Crippen molar-refractivity contribution in [2.75, 3.05) is 5.73 Å². The summed E-state index contributed by atoms with van der Waals surface area (Å²) in [6.45, 7) is 0.391. The van der Waals surface area contributed by atoms with E-state index >= 15 is 0 Å². The lowest BCUT2D eigenvalue weighted by Crippen LogP contribution is -2.23. The van der Waals surface area contributed by atoms with Crippen molar-refractivity contribution in [1.29, 1.82) is 0 Å². The van der Waals surface area contributed by atoms with Gasteiger partial charge in [-0.2, -0.15) is 0 Å². The van der Waals surface area contributed by atoms with Crippen molar-refractivity contribution in [1.82, 2.24) is 5.32 Å². The van der Waals surface area contributed by atoms with Crippen LogP contribution in [0.3, 0.4) is 0 Å². The van der Waals surface area contributed by atoms with Gasteiger partial charge in [0.15, 0.2) is 0 Å². The average Bonchev–Trinajstić information content (AvgIpc) is 2.47. The minimum Gasteiger partial charge on any atom is -0.398 e. The minimum atomic E-state index is -0.267. The molecule has 0 spiro atoms. The van der Waals surface area contributed by atoms with Crippen LogP contribution in [-0.4, -0.2) is 11.0 Å². The van der Waals surface area contributed by atoms with Crippen molar-refractivity contribution in [3.63, 3.8) is 0 Å². The predicted molar refractivity (Wildman–Crippen MR) is 79.4 cm³/mol. The first-order valence-corrected chi connectivity index (χ1v) is 6.50. The number of nitrogens with two attached hydrogens (primary N) is 1. The molecule has 0 aromatic heterocycles. The molecule has 0 radical (unpaired) electrons. The Kier molecular flexibility index (Phi) is 4.61. The average molecular weight is 291 g/mol. The van der Waals surface area contributed by atoms with E-state index in [1.165, 1.54) is 0 Å². The number of anilines is 1. The zero-order chi connectivity index (χ0) is 14.5. The van der Waals surface area contributed by atoms with Crippen LogP contribution in [0, 0.1) is 0 Å². The van der Waals surface area contributed by atoms with Gasteiger partial charge in [-0.1, -0.05) is 35.9 Å². The Balaban J connectivity index is 2.02. The van der Waals surface area contributed by atoms with Gasteiger partial charge in [-0.25, -0.2) is 0 Å². The van der Waals surface area contributed by atoms with Crippen molar-refractivity contribution in [3.8, 4) is 0 Å². The van der Waals surface area contributed by atoms with Crippen LogP contribution in [0.5, 0.6) is 0 Å². The Hall–Kier alpha value is -2.04. The van der Waals surface area contributed by atoms with Crippen molar-refractivity contribution in [3.05, 3.63) is 64.2 Å². The Morgan fingerprint density at radius 1 is 1.15 bits per heavy atom. The molecular weight excluding hydrogens is 276 g/mol. The van der Waals surface area contributed by atoms with Gasteiger partial charge in [0.05, 0.1) is 12.2 Å². The summed E-state index contributed by atoms with van der Waals surface area (Å²) in [5, 5.41) is 12.2. The van der Waals surface area contributed by atoms with E-state index < -0.39 is 0 Å². The highest BCUT2D eigenvalue weighted by molar-refractivity contribution is 6.31. The molecule has 4 N–H and O–H groups in total. The van der Waals surface area contributed by atoms with Gasteiger partial charge in [0.1, 0.15) is 0 Å². The molecule has 104 valence electrons. The largest absolute Gasteiger partial charge is 0.398 e. The molecule has 0 heterocycles. The van der Waals surface area contributed by atoms with Crippen molar-refractivity contribution in [2.24, 2.45) is 0 Å². The summed E-state index contributed by atoms with van der Waals surface area (Å²) in [6, 6.07) is 12.1. The summed E-state index contributed by atoms with van der Waals surface area (Å²) >= 11 is 5.85. The SMILES string of the molecule is Nc1ccc(Cl)cc1C(=O)NCc1ccc(CO)cc1. The molecule has 2 rings (SSSR count). The summed E-state index contributed by atoms with van der Waals surface area (Å²) in [4.78, 5) is 12.0. The Morgan fingerprint density at radius 2 is 1.80 bits per heavy atom. The van der Waals surface area contributed by atoms with Crippen LogP contribution in [0.2, 0.25) is 5.02 Å². The smallest absolute Gasteiger partial charge is 0.253 e. The third-order valence-corrected chi connectivity index (χ3v) is 3.15. The van der Waals surface area contributed by atoms with E-state index in [0.29, 0.717) is 22.8 Å². The second-order valence-electron chi connectivity index (χ2n) is 4.39. The lowest BCUT2D eigenvalue weighted by Gasteiger charge is -2.08. The Morgan fingerprint density at radius 3 is 2.45 bits per heavy atom. The van der Waals surface area contributed by atoms with E-state index in [0.717, 1.165) is 11.1 Å². The number of aliphatic hydroxyl groups is 1. The summed E-state index contributed by atoms with van der Waals surface area (Å²) < 4.78 is 0. The number of carbonyl (C=O) groups is 1. The van der Waals surface area contributed by atoms with E-state index in [-0.39, 0.29) is 12.5 Å². The number of hydrogen-bond acceptors (Lipinski definition) is 3. The zero-order valence-electron chi connectivity index (χ0n) is 10.8. The summed E-state index contributed by atoms with van der Waals surface area (Å²) in [5.41, 5.74) is 8.28. The van der Waals surface area contributed by atoms with Crippen LogP contribution >= 0.6 is 11.6 Å². The molecule has 5 heteroatoms. The number of halogens is 1. The fourth-order valence-corrected chi connectivity index (χ4v) is 1.94. The van der Waals surface area contributed by atoms with Crippen molar-refractivity contribution in [2.45, 2.75) is 13.2 Å². The van der Waals surface area contributed by atoms with E-state index in [1.54, 1.807) is 18.2 Å². The van der Waals surface area contributed by atoms with Crippen molar-refractivity contribution < 1.29 is 9.90 Å². The molecule has 0 aliphatic carbocycles. The highest BCUT2D eigenvalue weighted by Gasteiger charge is 2.09. The molecule has 4 nitrogen and oxygen atoms in total.